The molecule has 2 fully saturated rings. The number of rotatable bonds is 4. The predicted molar refractivity (Wildman–Crippen MR) is 63.3 cm³/mol. The van der Waals surface area contributed by atoms with Crippen molar-refractivity contribution in [2.75, 3.05) is 32.7 Å². The van der Waals surface area contributed by atoms with Crippen LogP contribution in [0.2, 0.25) is 0 Å². The van der Waals surface area contributed by atoms with E-state index in [1.807, 2.05) is 0 Å². The summed E-state index contributed by atoms with van der Waals surface area (Å²) in [6.45, 7) is 5.22. The summed E-state index contributed by atoms with van der Waals surface area (Å²) in [6, 6.07) is 0.224. The third-order valence-corrected chi connectivity index (χ3v) is 3.67. The van der Waals surface area contributed by atoms with Gasteiger partial charge in [0.2, 0.25) is 5.91 Å². The molecule has 0 saturated carbocycles. The second-order valence-electron chi connectivity index (χ2n) is 4.89. The van der Waals surface area contributed by atoms with E-state index in [1.54, 1.807) is 0 Å². The summed E-state index contributed by atoms with van der Waals surface area (Å²) in [4.78, 5) is 26.3. The van der Waals surface area contributed by atoms with Crippen LogP contribution < -0.4 is 11.1 Å². The average Bonchev–Trinajstić information content (AvgIpc) is 2.81. The summed E-state index contributed by atoms with van der Waals surface area (Å²) in [6.07, 6.45) is 1.11. The Bertz CT molecular complexity index is 305. The molecule has 2 aliphatic heterocycles. The highest BCUT2D eigenvalue weighted by atomic mass is 16.2. The van der Waals surface area contributed by atoms with Crippen LogP contribution in [0.3, 0.4) is 0 Å². The predicted octanol–water partition coefficient (Wildman–Crippen LogP) is -0.793. The van der Waals surface area contributed by atoms with Gasteiger partial charge in [0.1, 0.15) is 0 Å². The lowest BCUT2D eigenvalue weighted by Crippen LogP contribution is -2.40. The quantitative estimate of drug-likeness (QED) is 0.631. The van der Waals surface area contributed by atoms with E-state index in [4.69, 9.17) is 5.73 Å². The molecule has 0 aromatic carbocycles. The molecule has 2 unspecified atom stereocenters. The molecule has 3 amide bonds. The zero-order valence-corrected chi connectivity index (χ0v) is 10.2. The molecule has 2 rings (SSSR count). The number of hydrogen-bond acceptors (Lipinski definition) is 4. The fraction of sp³-hybridized carbons (Fsp3) is 0.818. The Morgan fingerprint density at radius 3 is 2.71 bits per heavy atom. The molecular formula is C11H20N4O2. The van der Waals surface area contributed by atoms with Gasteiger partial charge in [-0.2, -0.15) is 0 Å². The number of nitrogens with two attached hydrogens (primary N) is 1. The summed E-state index contributed by atoms with van der Waals surface area (Å²) in [5, 5.41) is 2.52. The molecule has 0 radical (unpaired) electrons. The van der Waals surface area contributed by atoms with E-state index in [-0.39, 0.29) is 18.5 Å². The molecule has 2 aliphatic rings. The summed E-state index contributed by atoms with van der Waals surface area (Å²) < 4.78 is 0. The molecule has 6 heteroatoms. The van der Waals surface area contributed by atoms with Gasteiger partial charge in [0, 0.05) is 25.7 Å². The number of nitrogens with zero attached hydrogens (tertiary/aromatic N) is 2. The van der Waals surface area contributed by atoms with E-state index in [2.05, 4.69) is 17.1 Å². The van der Waals surface area contributed by atoms with Crippen LogP contribution in [0, 0.1) is 5.92 Å². The molecule has 0 aliphatic carbocycles. The van der Waals surface area contributed by atoms with Gasteiger partial charge in [-0.1, -0.05) is 0 Å². The summed E-state index contributed by atoms with van der Waals surface area (Å²) in [5.74, 6) is 0.422. The third kappa shape index (κ3) is 2.58. The Balaban J connectivity index is 1.82. The monoisotopic (exact) mass is 240 g/mol. The van der Waals surface area contributed by atoms with Crippen molar-refractivity contribution >= 4 is 11.9 Å². The molecule has 2 saturated heterocycles. The minimum absolute atomic E-state index is 0.128. The summed E-state index contributed by atoms with van der Waals surface area (Å²) >= 11 is 0. The molecule has 96 valence electrons. The van der Waals surface area contributed by atoms with Gasteiger partial charge >= 0.3 is 6.03 Å². The van der Waals surface area contributed by atoms with Gasteiger partial charge in [0.05, 0.1) is 6.54 Å². The van der Waals surface area contributed by atoms with Crippen LogP contribution in [0.5, 0.6) is 0 Å². The van der Waals surface area contributed by atoms with Gasteiger partial charge in [0.25, 0.3) is 0 Å². The van der Waals surface area contributed by atoms with Crippen molar-refractivity contribution in [3.8, 4) is 0 Å². The van der Waals surface area contributed by atoms with Gasteiger partial charge in [-0.25, -0.2) is 4.79 Å². The van der Waals surface area contributed by atoms with Crippen molar-refractivity contribution in [3.63, 3.8) is 0 Å². The molecule has 0 bridgehead atoms. The fourth-order valence-electron chi connectivity index (χ4n) is 2.61. The summed E-state index contributed by atoms with van der Waals surface area (Å²) in [5.41, 5.74) is 5.67. The molecule has 0 aromatic heterocycles. The van der Waals surface area contributed by atoms with E-state index in [9.17, 15) is 9.59 Å². The van der Waals surface area contributed by atoms with Gasteiger partial charge in [-0.3, -0.25) is 14.6 Å². The van der Waals surface area contributed by atoms with E-state index in [0.717, 1.165) is 19.5 Å². The van der Waals surface area contributed by atoms with E-state index < -0.39 is 0 Å². The highest BCUT2D eigenvalue weighted by Crippen LogP contribution is 2.21. The largest absolute Gasteiger partial charge is 0.330 e. The highest BCUT2D eigenvalue weighted by Gasteiger charge is 2.31. The fourth-order valence-corrected chi connectivity index (χ4v) is 2.61. The molecule has 17 heavy (non-hydrogen) atoms. The molecule has 2 atom stereocenters. The van der Waals surface area contributed by atoms with E-state index >= 15 is 0 Å². The van der Waals surface area contributed by atoms with Crippen LogP contribution in [-0.4, -0.2) is 60.5 Å². The lowest BCUT2D eigenvalue weighted by Gasteiger charge is -2.23. The zero-order valence-electron chi connectivity index (χ0n) is 10.2. The van der Waals surface area contributed by atoms with Gasteiger partial charge in [0.15, 0.2) is 0 Å². The number of hydrogen-bond donors (Lipinski definition) is 2. The maximum atomic E-state index is 11.4. The summed E-state index contributed by atoms with van der Waals surface area (Å²) in [7, 11) is 0. The Hall–Kier alpha value is -1.14. The normalized spacial score (nSPS) is 30.1. The molecule has 3 N–H and O–H groups in total. The van der Waals surface area contributed by atoms with Gasteiger partial charge < -0.3 is 11.1 Å². The first-order chi connectivity index (χ1) is 8.11. The van der Waals surface area contributed by atoms with Crippen molar-refractivity contribution < 1.29 is 9.59 Å². The van der Waals surface area contributed by atoms with Crippen LogP contribution in [0.15, 0.2) is 0 Å². The second kappa shape index (κ2) is 5.01. The van der Waals surface area contributed by atoms with Gasteiger partial charge in [-0.05, 0) is 25.8 Å². The van der Waals surface area contributed by atoms with Crippen LogP contribution in [-0.2, 0) is 4.79 Å². The molecular weight excluding hydrogens is 220 g/mol. The number of carbonyl (C=O) groups excluding carboxylic acids is 2. The number of nitrogens with one attached hydrogen (secondary N) is 1. The number of carbonyl (C=O) groups is 2. The van der Waals surface area contributed by atoms with Crippen molar-refractivity contribution in [1.29, 1.82) is 0 Å². The molecule has 2 heterocycles. The van der Waals surface area contributed by atoms with Crippen molar-refractivity contribution in [2.24, 2.45) is 11.7 Å². The number of urea groups is 1. The third-order valence-electron chi connectivity index (χ3n) is 3.67. The molecule has 6 nitrogen and oxygen atoms in total. The topological polar surface area (TPSA) is 78.7 Å². The lowest BCUT2D eigenvalue weighted by molar-refractivity contribution is -0.125. The number of amides is 3. The van der Waals surface area contributed by atoms with Crippen LogP contribution in [0.1, 0.15) is 13.3 Å². The number of likely N-dealkylation sites (tertiary alicyclic amines) is 1. The van der Waals surface area contributed by atoms with Crippen LogP contribution >= 0.6 is 0 Å². The maximum absolute atomic E-state index is 11.4. The van der Waals surface area contributed by atoms with E-state index in [1.165, 1.54) is 4.90 Å². The first-order valence-electron chi connectivity index (χ1n) is 6.14. The highest BCUT2D eigenvalue weighted by molar-refractivity contribution is 6.01. The number of imide groups is 1. The van der Waals surface area contributed by atoms with Crippen molar-refractivity contribution in [2.45, 2.75) is 19.4 Å². The molecule has 0 aromatic rings. The minimum Gasteiger partial charge on any atom is -0.330 e. The Labute approximate surface area is 101 Å². The second-order valence-corrected chi connectivity index (χ2v) is 4.89. The first kappa shape index (κ1) is 12.3. The molecule has 0 spiro atoms. The van der Waals surface area contributed by atoms with Crippen molar-refractivity contribution in [1.82, 2.24) is 15.1 Å². The average molecular weight is 240 g/mol. The lowest BCUT2D eigenvalue weighted by atomic mass is 10.1. The van der Waals surface area contributed by atoms with Crippen LogP contribution in [0.4, 0.5) is 4.79 Å². The van der Waals surface area contributed by atoms with Crippen molar-refractivity contribution in [3.05, 3.63) is 0 Å². The minimum atomic E-state index is -0.266. The first-order valence-corrected chi connectivity index (χ1v) is 6.14. The maximum Gasteiger partial charge on any atom is 0.324 e. The Kier molecular flexibility index (Phi) is 3.63. The Morgan fingerprint density at radius 2 is 2.18 bits per heavy atom. The van der Waals surface area contributed by atoms with Gasteiger partial charge in [-0.15, -0.1) is 0 Å². The smallest absolute Gasteiger partial charge is 0.324 e. The standard InChI is InChI=1S/C11H20N4O2/c1-8-4-9(5-12)7-14(8)2-3-15-10(16)6-13-11(15)17/h8-9H,2-7,12H2,1H3,(H,13,17). The zero-order chi connectivity index (χ0) is 12.4. The van der Waals surface area contributed by atoms with Crippen LogP contribution in [0.25, 0.3) is 0 Å². The SMILES string of the molecule is CC1CC(CN)CN1CCN1C(=O)CNC1=O. The Morgan fingerprint density at radius 1 is 1.41 bits per heavy atom. The van der Waals surface area contributed by atoms with E-state index in [0.29, 0.717) is 25.0 Å².